The van der Waals surface area contributed by atoms with Gasteiger partial charge in [0.1, 0.15) is 5.75 Å². The first kappa shape index (κ1) is 14.0. The Labute approximate surface area is 112 Å². The SMILES string of the molecule is Cc1cc(C(F)(F)F)cc(O)c1C1=NC(=N)C(=N)C=C1. The smallest absolute Gasteiger partial charge is 0.416 e. The van der Waals surface area contributed by atoms with Crippen LogP contribution in [-0.2, 0) is 6.18 Å². The lowest BCUT2D eigenvalue weighted by molar-refractivity contribution is -0.137. The van der Waals surface area contributed by atoms with Gasteiger partial charge in [0.05, 0.1) is 17.0 Å². The van der Waals surface area contributed by atoms with Crippen molar-refractivity contribution in [2.24, 2.45) is 4.99 Å². The molecule has 2 rings (SSSR count). The maximum atomic E-state index is 12.6. The van der Waals surface area contributed by atoms with Crippen LogP contribution in [0.3, 0.4) is 0 Å². The van der Waals surface area contributed by atoms with E-state index in [-0.39, 0.29) is 28.4 Å². The Morgan fingerprint density at radius 1 is 1.15 bits per heavy atom. The predicted molar refractivity (Wildman–Crippen MR) is 69.0 cm³/mol. The molecule has 0 radical (unpaired) electrons. The van der Waals surface area contributed by atoms with E-state index >= 15 is 0 Å². The third-order valence-electron chi connectivity index (χ3n) is 2.79. The van der Waals surface area contributed by atoms with Crippen molar-refractivity contribution < 1.29 is 18.3 Å². The number of hydrogen-bond donors (Lipinski definition) is 3. The zero-order valence-electron chi connectivity index (χ0n) is 10.3. The van der Waals surface area contributed by atoms with Crippen molar-refractivity contribution in [3.63, 3.8) is 0 Å². The molecule has 104 valence electrons. The summed E-state index contributed by atoms with van der Waals surface area (Å²) in [7, 11) is 0. The summed E-state index contributed by atoms with van der Waals surface area (Å²) in [6, 6.07) is 1.54. The van der Waals surface area contributed by atoms with Crippen molar-refractivity contribution >= 4 is 17.3 Å². The standard InChI is InChI=1S/C13H10F3N3O/c1-6-4-7(13(14,15)16)5-10(20)11(6)9-3-2-8(17)12(18)19-9/h2-5,17-18,20H,1H3. The van der Waals surface area contributed by atoms with Crippen molar-refractivity contribution in [1.82, 2.24) is 0 Å². The second kappa shape index (κ2) is 4.59. The Hall–Kier alpha value is -2.44. The Balaban J connectivity index is 2.55. The summed E-state index contributed by atoms with van der Waals surface area (Å²) in [4.78, 5) is 3.79. The minimum Gasteiger partial charge on any atom is -0.507 e. The van der Waals surface area contributed by atoms with E-state index in [1.807, 2.05) is 0 Å². The number of benzene rings is 1. The summed E-state index contributed by atoms with van der Waals surface area (Å²) in [5.74, 6) is -0.858. The number of halogens is 3. The van der Waals surface area contributed by atoms with Gasteiger partial charge in [-0.25, -0.2) is 4.99 Å². The number of hydrogen-bond acceptors (Lipinski definition) is 3. The van der Waals surface area contributed by atoms with Gasteiger partial charge in [-0.15, -0.1) is 0 Å². The average Bonchev–Trinajstić information content (AvgIpc) is 2.31. The number of aryl methyl sites for hydroxylation is 1. The molecule has 0 saturated heterocycles. The van der Waals surface area contributed by atoms with E-state index in [2.05, 4.69) is 4.99 Å². The molecule has 0 bridgehead atoms. The van der Waals surface area contributed by atoms with Gasteiger partial charge < -0.3 is 5.11 Å². The molecule has 0 unspecified atom stereocenters. The van der Waals surface area contributed by atoms with Crippen molar-refractivity contribution in [2.45, 2.75) is 13.1 Å². The number of phenols is 1. The highest BCUT2D eigenvalue weighted by Crippen LogP contribution is 2.35. The summed E-state index contributed by atoms with van der Waals surface area (Å²) in [6.45, 7) is 1.42. The normalized spacial score (nSPS) is 15.5. The summed E-state index contributed by atoms with van der Waals surface area (Å²) in [5, 5.41) is 24.6. The van der Waals surface area contributed by atoms with E-state index in [0.29, 0.717) is 6.07 Å². The molecule has 1 aliphatic heterocycles. The zero-order chi connectivity index (χ0) is 15.1. The molecule has 4 nitrogen and oxygen atoms in total. The van der Waals surface area contributed by atoms with Gasteiger partial charge in [0.25, 0.3) is 0 Å². The average molecular weight is 281 g/mol. The van der Waals surface area contributed by atoms with Gasteiger partial charge >= 0.3 is 6.18 Å². The topological polar surface area (TPSA) is 80.3 Å². The molecule has 1 aliphatic rings. The maximum Gasteiger partial charge on any atom is 0.416 e. The highest BCUT2D eigenvalue weighted by atomic mass is 19.4. The van der Waals surface area contributed by atoms with Crippen LogP contribution in [0.15, 0.2) is 29.3 Å². The molecular weight excluding hydrogens is 271 g/mol. The molecular formula is C13H10F3N3O. The number of alkyl halides is 3. The molecule has 0 amide bonds. The number of rotatable bonds is 1. The predicted octanol–water partition coefficient (Wildman–Crippen LogP) is 3.08. The second-order valence-corrected chi connectivity index (χ2v) is 4.28. The van der Waals surface area contributed by atoms with Gasteiger partial charge in [-0.1, -0.05) is 0 Å². The number of aromatic hydroxyl groups is 1. The van der Waals surface area contributed by atoms with Gasteiger partial charge in [-0.2, -0.15) is 13.2 Å². The van der Waals surface area contributed by atoms with Crippen molar-refractivity contribution in [3.05, 3.63) is 41.0 Å². The highest BCUT2D eigenvalue weighted by molar-refractivity contribution is 6.48. The number of dihydropyridines is 1. The lowest BCUT2D eigenvalue weighted by Gasteiger charge is -2.15. The largest absolute Gasteiger partial charge is 0.507 e. The lowest BCUT2D eigenvalue weighted by Crippen LogP contribution is -2.16. The molecule has 1 aromatic carbocycles. The quantitative estimate of drug-likeness (QED) is 0.726. The molecule has 20 heavy (non-hydrogen) atoms. The maximum absolute atomic E-state index is 12.6. The molecule has 7 heteroatoms. The Bertz CT molecular complexity index is 649. The third-order valence-corrected chi connectivity index (χ3v) is 2.79. The Morgan fingerprint density at radius 2 is 1.80 bits per heavy atom. The number of aliphatic imine (C=N–C) groups is 1. The first-order valence-electron chi connectivity index (χ1n) is 5.55. The van der Waals surface area contributed by atoms with Crippen molar-refractivity contribution in [1.29, 1.82) is 10.8 Å². The van der Waals surface area contributed by atoms with Gasteiger partial charge in [-0.3, -0.25) is 10.8 Å². The van der Waals surface area contributed by atoms with E-state index < -0.39 is 17.5 Å². The Morgan fingerprint density at radius 3 is 2.30 bits per heavy atom. The van der Waals surface area contributed by atoms with E-state index in [0.717, 1.165) is 6.07 Å². The van der Waals surface area contributed by atoms with Crippen LogP contribution in [-0.4, -0.2) is 22.4 Å². The first-order chi connectivity index (χ1) is 9.20. The minimum absolute atomic E-state index is 0.0993. The van der Waals surface area contributed by atoms with Crippen molar-refractivity contribution in [2.75, 3.05) is 0 Å². The van der Waals surface area contributed by atoms with Crippen molar-refractivity contribution in [3.8, 4) is 5.75 Å². The molecule has 0 aliphatic carbocycles. The molecule has 0 atom stereocenters. The molecule has 0 saturated carbocycles. The minimum atomic E-state index is -4.54. The fourth-order valence-electron chi connectivity index (χ4n) is 1.86. The van der Waals surface area contributed by atoms with E-state index in [4.69, 9.17) is 10.8 Å². The van der Waals surface area contributed by atoms with Gasteiger partial charge in [0.2, 0.25) is 0 Å². The van der Waals surface area contributed by atoms with Crippen LogP contribution in [0.2, 0.25) is 0 Å². The summed E-state index contributed by atoms with van der Waals surface area (Å²) in [5.41, 5.74) is -0.555. The molecule has 1 aromatic rings. The molecule has 0 fully saturated rings. The van der Waals surface area contributed by atoms with E-state index in [1.165, 1.54) is 19.1 Å². The summed E-state index contributed by atoms with van der Waals surface area (Å²) in [6.07, 6.45) is -1.85. The fourth-order valence-corrected chi connectivity index (χ4v) is 1.86. The lowest BCUT2D eigenvalue weighted by atomic mass is 9.97. The van der Waals surface area contributed by atoms with Gasteiger partial charge in [0, 0.05) is 5.56 Å². The van der Waals surface area contributed by atoms with Crippen LogP contribution >= 0.6 is 0 Å². The summed E-state index contributed by atoms with van der Waals surface area (Å²) < 4.78 is 37.9. The van der Waals surface area contributed by atoms with Gasteiger partial charge in [0.15, 0.2) is 5.84 Å². The van der Waals surface area contributed by atoms with E-state index in [1.54, 1.807) is 0 Å². The number of allylic oxidation sites excluding steroid dienone is 1. The fraction of sp³-hybridized carbons (Fsp3) is 0.154. The van der Waals surface area contributed by atoms with Crippen LogP contribution in [0.1, 0.15) is 16.7 Å². The van der Waals surface area contributed by atoms with Crippen LogP contribution in [0, 0.1) is 17.7 Å². The van der Waals surface area contributed by atoms with Crippen LogP contribution in [0.5, 0.6) is 5.75 Å². The number of amidine groups is 1. The third kappa shape index (κ3) is 2.47. The van der Waals surface area contributed by atoms with E-state index in [9.17, 15) is 18.3 Å². The number of phenolic OH excluding ortho intramolecular Hbond substituents is 1. The van der Waals surface area contributed by atoms with Crippen LogP contribution in [0.25, 0.3) is 0 Å². The second-order valence-electron chi connectivity index (χ2n) is 4.28. The van der Waals surface area contributed by atoms with Crippen LogP contribution < -0.4 is 0 Å². The molecule has 3 N–H and O–H groups in total. The molecule has 0 spiro atoms. The summed E-state index contributed by atoms with van der Waals surface area (Å²) >= 11 is 0. The highest BCUT2D eigenvalue weighted by Gasteiger charge is 2.32. The molecule has 1 heterocycles. The monoisotopic (exact) mass is 281 g/mol. The zero-order valence-corrected chi connectivity index (χ0v) is 10.3. The first-order valence-corrected chi connectivity index (χ1v) is 5.55. The Kier molecular flexibility index (Phi) is 3.21. The number of nitrogens with zero attached hydrogens (tertiary/aromatic N) is 1. The molecule has 0 aromatic heterocycles. The van der Waals surface area contributed by atoms with Gasteiger partial charge in [-0.05, 0) is 36.8 Å². The van der Waals surface area contributed by atoms with Crippen LogP contribution in [0.4, 0.5) is 13.2 Å². The number of nitrogens with one attached hydrogen (secondary N) is 2.